The highest BCUT2D eigenvalue weighted by molar-refractivity contribution is 8.02. The van der Waals surface area contributed by atoms with Crippen LogP contribution in [0.5, 0.6) is 0 Å². The molecule has 1 spiro atoms. The normalized spacial score (nSPS) is 31.5. The minimum absolute atomic E-state index is 0.0195. The Morgan fingerprint density at radius 2 is 2.06 bits per heavy atom. The summed E-state index contributed by atoms with van der Waals surface area (Å²) < 4.78 is 10.3. The fourth-order valence-corrected chi connectivity index (χ4v) is 8.66. The van der Waals surface area contributed by atoms with Crippen LogP contribution in [-0.4, -0.2) is 119 Å². The van der Waals surface area contributed by atoms with Crippen molar-refractivity contribution in [3.05, 3.63) is 12.7 Å². The van der Waals surface area contributed by atoms with Gasteiger partial charge in [-0.05, 0) is 39.0 Å². The molecule has 4 fully saturated rings. The van der Waals surface area contributed by atoms with Gasteiger partial charge in [0, 0.05) is 51.1 Å². The summed E-state index contributed by atoms with van der Waals surface area (Å²) in [5, 5.41) is 9.21. The Bertz CT molecular complexity index is 822. The predicted molar refractivity (Wildman–Crippen MR) is 137 cm³/mol. The molecular formula is C26H41N3O6S. The summed E-state index contributed by atoms with van der Waals surface area (Å²) in [6, 6.07) is -0.594. The van der Waals surface area contributed by atoms with E-state index in [0.717, 1.165) is 38.9 Å². The maximum absolute atomic E-state index is 14.3. The van der Waals surface area contributed by atoms with E-state index in [9.17, 15) is 19.5 Å². The standard InChI is InChI=1S/C26H41N3O6S/c1-3-10-28(13-12-27-14-17-34-18-15-27)24(32)22-26-9-8-19(36-26)20(25(33)35-4-2)21(26)23(31)29(22)11-6-5-7-16-30/h3,19-22,30H,1,4-18H2,2H3/t19-,20+,21-,22?,26?/m0/s1. The Balaban J connectivity index is 1.59. The second-order valence-corrected chi connectivity index (χ2v) is 11.8. The van der Waals surface area contributed by atoms with E-state index in [1.165, 1.54) is 0 Å². The zero-order valence-corrected chi connectivity index (χ0v) is 22.3. The van der Waals surface area contributed by atoms with Crippen LogP contribution in [-0.2, 0) is 23.9 Å². The third-order valence-electron chi connectivity index (χ3n) is 8.10. The molecule has 0 aromatic carbocycles. The molecule has 5 atom stereocenters. The van der Waals surface area contributed by atoms with E-state index in [-0.39, 0.29) is 36.2 Å². The van der Waals surface area contributed by atoms with Crippen LogP contribution < -0.4 is 0 Å². The van der Waals surface area contributed by atoms with Gasteiger partial charge in [-0.15, -0.1) is 18.3 Å². The van der Waals surface area contributed by atoms with Crippen LogP contribution in [0.1, 0.15) is 39.0 Å². The highest BCUT2D eigenvalue weighted by Crippen LogP contribution is 2.66. The number of nitrogens with zero attached hydrogens (tertiary/aromatic N) is 3. The number of carbonyl (C=O) groups excluding carboxylic acids is 3. The maximum Gasteiger partial charge on any atom is 0.310 e. The van der Waals surface area contributed by atoms with Gasteiger partial charge >= 0.3 is 5.97 Å². The maximum atomic E-state index is 14.3. The highest BCUT2D eigenvalue weighted by atomic mass is 32.2. The lowest BCUT2D eigenvalue weighted by atomic mass is 9.71. The molecule has 9 nitrogen and oxygen atoms in total. The third kappa shape index (κ3) is 5.19. The molecule has 0 saturated carbocycles. The molecule has 0 radical (unpaired) electrons. The van der Waals surface area contributed by atoms with Crippen molar-refractivity contribution < 1.29 is 29.0 Å². The minimum atomic E-state index is -0.594. The van der Waals surface area contributed by atoms with E-state index in [4.69, 9.17) is 9.47 Å². The van der Waals surface area contributed by atoms with Gasteiger partial charge in [-0.2, -0.15) is 0 Å². The van der Waals surface area contributed by atoms with Gasteiger partial charge in [0.1, 0.15) is 6.04 Å². The zero-order chi connectivity index (χ0) is 25.7. The SMILES string of the molecule is C=CCN(CCN1CCOCC1)C(=O)C1N(CCCCCO)C(=O)[C@@H]2[C@H](C(=O)OCC)[C@@H]3CCC12S3. The Kier molecular flexibility index (Phi) is 9.35. The lowest BCUT2D eigenvalue weighted by Gasteiger charge is -2.38. The van der Waals surface area contributed by atoms with Gasteiger partial charge in [-0.1, -0.05) is 6.08 Å². The quantitative estimate of drug-likeness (QED) is 0.218. The van der Waals surface area contributed by atoms with Gasteiger partial charge in [0.15, 0.2) is 0 Å². The van der Waals surface area contributed by atoms with Gasteiger partial charge in [-0.3, -0.25) is 19.3 Å². The number of esters is 1. The molecule has 10 heteroatoms. The second-order valence-electron chi connectivity index (χ2n) is 10.2. The van der Waals surface area contributed by atoms with E-state index < -0.39 is 22.6 Å². The minimum Gasteiger partial charge on any atom is -0.466 e. The van der Waals surface area contributed by atoms with Crippen LogP contribution in [0.25, 0.3) is 0 Å². The predicted octanol–water partition coefficient (Wildman–Crippen LogP) is 1.15. The molecule has 2 bridgehead atoms. The number of morpholine rings is 1. The molecule has 0 aliphatic carbocycles. The second kappa shape index (κ2) is 12.3. The van der Waals surface area contributed by atoms with Crippen LogP contribution in [0.3, 0.4) is 0 Å². The molecule has 4 saturated heterocycles. The lowest BCUT2D eigenvalue weighted by Crippen LogP contribution is -2.56. The van der Waals surface area contributed by atoms with Crippen LogP contribution in [0.2, 0.25) is 0 Å². The van der Waals surface area contributed by atoms with Gasteiger partial charge in [0.05, 0.1) is 36.4 Å². The highest BCUT2D eigenvalue weighted by Gasteiger charge is 2.74. The average molecular weight is 524 g/mol. The first-order chi connectivity index (χ1) is 17.5. The molecule has 0 aromatic rings. The van der Waals surface area contributed by atoms with Crippen LogP contribution in [0.15, 0.2) is 12.7 Å². The number of ether oxygens (including phenoxy) is 2. The number of carbonyl (C=O) groups is 3. The summed E-state index contributed by atoms with van der Waals surface area (Å²) in [4.78, 5) is 47.0. The zero-order valence-electron chi connectivity index (χ0n) is 21.4. The fraction of sp³-hybridized carbons (Fsp3) is 0.808. The van der Waals surface area contributed by atoms with Gasteiger partial charge < -0.3 is 24.4 Å². The number of thioether (sulfide) groups is 1. The summed E-state index contributed by atoms with van der Waals surface area (Å²) in [6.45, 7) is 11.3. The number of aliphatic hydroxyl groups is 1. The summed E-state index contributed by atoms with van der Waals surface area (Å²) >= 11 is 1.68. The van der Waals surface area contributed by atoms with E-state index in [0.29, 0.717) is 45.7 Å². The molecule has 2 unspecified atom stereocenters. The molecule has 1 N–H and O–H groups in total. The molecule has 2 amide bonds. The number of rotatable bonds is 13. The molecule has 4 aliphatic heterocycles. The van der Waals surface area contributed by atoms with Crippen molar-refractivity contribution in [2.24, 2.45) is 11.8 Å². The van der Waals surface area contributed by atoms with Crippen LogP contribution >= 0.6 is 11.8 Å². The Hall–Kier alpha value is -1.62. The van der Waals surface area contributed by atoms with Crippen molar-refractivity contribution in [3.8, 4) is 0 Å². The van der Waals surface area contributed by atoms with Gasteiger partial charge in [0.25, 0.3) is 0 Å². The molecule has 4 heterocycles. The first-order valence-electron chi connectivity index (χ1n) is 13.4. The number of likely N-dealkylation sites (tertiary alicyclic amines) is 1. The fourth-order valence-electron chi connectivity index (χ4n) is 6.46. The molecule has 202 valence electrons. The topological polar surface area (TPSA) is 99.6 Å². The number of hydrogen-bond donors (Lipinski definition) is 1. The Morgan fingerprint density at radius 3 is 2.75 bits per heavy atom. The van der Waals surface area contributed by atoms with Crippen molar-refractivity contribution in [2.45, 2.75) is 55.1 Å². The van der Waals surface area contributed by atoms with Crippen molar-refractivity contribution in [1.82, 2.24) is 14.7 Å². The number of aliphatic hydroxyl groups excluding tert-OH is 1. The van der Waals surface area contributed by atoms with E-state index >= 15 is 0 Å². The number of unbranched alkanes of at least 4 members (excludes halogenated alkanes) is 2. The average Bonchev–Trinajstić information content (AvgIpc) is 3.52. The Labute approximate surface area is 218 Å². The largest absolute Gasteiger partial charge is 0.466 e. The van der Waals surface area contributed by atoms with Crippen LogP contribution in [0.4, 0.5) is 0 Å². The molecule has 36 heavy (non-hydrogen) atoms. The lowest BCUT2D eigenvalue weighted by molar-refractivity contribution is -0.153. The van der Waals surface area contributed by atoms with Crippen LogP contribution in [0, 0.1) is 11.8 Å². The smallest absolute Gasteiger partial charge is 0.310 e. The summed E-state index contributed by atoms with van der Waals surface area (Å²) in [5.74, 6) is -1.44. The molecule has 4 aliphatic rings. The molecular weight excluding hydrogens is 482 g/mol. The molecule has 0 aromatic heterocycles. The van der Waals surface area contributed by atoms with E-state index in [1.54, 1.807) is 29.7 Å². The van der Waals surface area contributed by atoms with E-state index in [2.05, 4.69) is 11.5 Å². The Morgan fingerprint density at radius 1 is 1.28 bits per heavy atom. The van der Waals surface area contributed by atoms with Gasteiger partial charge in [-0.25, -0.2) is 0 Å². The number of hydrogen-bond acceptors (Lipinski definition) is 8. The summed E-state index contributed by atoms with van der Waals surface area (Å²) in [5.41, 5.74) is 0. The van der Waals surface area contributed by atoms with Crippen molar-refractivity contribution in [3.63, 3.8) is 0 Å². The number of amides is 2. The van der Waals surface area contributed by atoms with Crippen molar-refractivity contribution >= 4 is 29.5 Å². The van der Waals surface area contributed by atoms with Crippen molar-refractivity contribution in [1.29, 1.82) is 0 Å². The first-order valence-corrected chi connectivity index (χ1v) is 14.3. The number of fused-ring (bicyclic) bond motifs is 1. The third-order valence-corrected chi connectivity index (χ3v) is 10.1. The summed E-state index contributed by atoms with van der Waals surface area (Å²) in [7, 11) is 0. The van der Waals surface area contributed by atoms with Crippen molar-refractivity contribution in [2.75, 3.05) is 65.7 Å². The van der Waals surface area contributed by atoms with E-state index in [1.807, 2.05) is 4.90 Å². The van der Waals surface area contributed by atoms with Gasteiger partial charge in [0.2, 0.25) is 11.8 Å². The monoisotopic (exact) mass is 523 g/mol. The summed E-state index contributed by atoms with van der Waals surface area (Å²) in [6.07, 6.45) is 5.48. The molecule has 4 rings (SSSR count). The first kappa shape index (κ1) is 27.4.